The van der Waals surface area contributed by atoms with Gasteiger partial charge in [0.05, 0.1) is 23.7 Å². The third-order valence-corrected chi connectivity index (χ3v) is 3.53. The maximum atomic E-state index is 12.0. The molecule has 8 heteroatoms. The molecule has 2 N–H and O–H groups in total. The largest absolute Gasteiger partial charge is 0.395 e. The van der Waals surface area contributed by atoms with E-state index >= 15 is 0 Å². The molecule has 0 aliphatic carbocycles. The number of benzene rings is 1. The van der Waals surface area contributed by atoms with E-state index in [1.165, 1.54) is 11.0 Å². The van der Waals surface area contributed by atoms with Crippen molar-refractivity contribution in [2.24, 2.45) is 0 Å². The molecule has 1 heterocycles. The van der Waals surface area contributed by atoms with Gasteiger partial charge in [0, 0.05) is 25.9 Å². The molecule has 122 valence electrons. The van der Waals surface area contributed by atoms with Gasteiger partial charge in [-0.25, -0.2) is 0 Å². The lowest BCUT2D eigenvalue weighted by Crippen LogP contribution is -2.34. The first-order chi connectivity index (χ1) is 10.8. The number of carbonyl (C=O) groups is 3. The fraction of sp³-hybridized carbons (Fsp3) is 0.267. The molecule has 1 aliphatic heterocycles. The first-order valence-electron chi connectivity index (χ1n) is 6.81. The summed E-state index contributed by atoms with van der Waals surface area (Å²) in [5.74, 6) is -1.24. The van der Waals surface area contributed by atoms with Gasteiger partial charge in [-0.15, -0.1) is 0 Å². The Morgan fingerprint density at radius 3 is 2.61 bits per heavy atom. The number of β-amino-alcohol motifs (C(OH)–C–C–N with tert-alkyl or cyclic N) is 1. The standard InChI is InChI=1S/C15H16ClN3O4/c1-18(2)14(22)10-4-3-9(7-11(10)16)17-12-8-13(21)19(5-6-20)15(12)23/h3-4,7-8,17,20H,5-6H2,1-2H3. The van der Waals surface area contributed by atoms with E-state index in [0.29, 0.717) is 11.3 Å². The summed E-state index contributed by atoms with van der Waals surface area (Å²) in [4.78, 5) is 37.9. The molecular formula is C15H16ClN3O4. The molecule has 2 rings (SSSR count). The molecule has 0 saturated carbocycles. The van der Waals surface area contributed by atoms with Crippen LogP contribution >= 0.6 is 11.6 Å². The SMILES string of the molecule is CN(C)C(=O)c1ccc(NC2=CC(=O)N(CCO)C2=O)cc1Cl. The van der Waals surface area contributed by atoms with Crippen LogP contribution in [0.3, 0.4) is 0 Å². The van der Waals surface area contributed by atoms with E-state index < -0.39 is 11.8 Å². The predicted octanol–water partition coefficient (Wildman–Crippen LogP) is 0.699. The Morgan fingerprint density at radius 1 is 1.35 bits per heavy atom. The van der Waals surface area contributed by atoms with E-state index in [2.05, 4.69) is 5.32 Å². The third kappa shape index (κ3) is 3.52. The first kappa shape index (κ1) is 17.0. The van der Waals surface area contributed by atoms with Crippen molar-refractivity contribution in [3.8, 4) is 0 Å². The minimum Gasteiger partial charge on any atom is -0.395 e. The van der Waals surface area contributed by atoms with Crippen molar-refractivity contribution in [2.75, 3.05) is 32.6 Å². The van der Waals surface area contributed by atoms with Crippen LogP contribution in [0.5, 0.6) is 0 Å². The molecule has 0 spiro atoms. The molecule has 0 fully saturated rings. The van der Waals surface area contributed by atoms with Crippen LogP contribution in [-0.2, 0) is 9.59 Å². The van der Waals surface area contributed by atoms with E-state index in [0.717, 1.165) is 11.0 Å². The second kappa shape index (κ2) is 6.80. The van der Waals surface area contributed by atoms with Gasteiger partial charge in [-0.3, -0.25) is 19.3 Å². The summed E-state index contributed by atoms with van der Waals surface area (Å²) in [5.41, 5.74) is 0.904. The molecule has 0 atom stereocenters. The van der Waals surface area contributed by atoms with E-state index in [1.54, 1.807) is 26.2 Å². The number of anilines is 1. The van der Waals surface area contributed by atoms with Crippen LogP contribution in [0.4, 0.5) is 5.69 Å². The topological polar surface area (TPSA) is 90.0 Å². The Morgan fingerprint density at radius 2 is 2.04 bits per heavy atom. The highest BCUT2D eigenvalue weighted by Gasteiger charge is 2.30. The first-order valence-corrected chi connectivity index (χ1v) is 7.19. The van der Waals surface area contributed by atoms with Gasteiger partial charge < -0.3 is 15.3 Å². The average Bonchev–Trinajstić information content (AvgIpc) is 2.75. The van der Waals surface area contributed by atoms with Crippen LogP contribution in [0, 0.1) is 0 Å². The summed E-state index contributed by atoms with van der Waals surface area (Å²) in [7, 11) is 3.24. The van der Waals surface area contributed by atoms with Crippen LogP contribution in [0.1, 0.15) is 10.4 Å². The zero-order valence-corrected chi connectivity index (χ0v) is 13.4. The Labute approximate surface area is 138 Å². The number of rotatable bonds is 5. The van der Waals surface area contributed by atoms with Crippen molar-refractivity contribution in [3.63, 3.8) is 0 Å². The number of hydrogen-bond donors (Lipinski definition) is 2. The summed E-state index contributed by atoms with van der Waals surface area (Å²) >= 11 is 6.09. The second-order valence-corrected chi connectivity index (χ2v) is 5.50. The number of aliphatic hydroxyl groups is 1. The van der Waals surface area contributed by atoms with Gasteiger partial charge >= 0.3 is 0 Å². The molecule has 3 amide bonds. The van der Waals surface area contributed by atoms with Crippen LogP contribution in [-0.4, -0.2) is 59.9 Å². The minimum atomic E-state index is -0.520. The third-order valence-electron chi connectivity index (χ3n) is 3.22. The Kier molecular flexibility index (Phi) is 5.02. The van der Waals surface area contributed by atoms with Gasteiger partial charge in [0.25, 0.3) is 17.7 Å². The van der Waals surface area contributed by atoms with Gasteiger partial charge in [0.2, 0.25) is 0 Å². The van der Waals surface area contributed by atoms with Crippen molar-refractivity contribution in [3.05, 3.63) is 40.6 Å². The number of nitrogens with one attached hydrogen (secondary N) is 1. The Balaban J connectivity index is 2.17. The zero-order chi connectivity index (χ0) is 17.1. The summed E-state index contributed by atoms with van der Waals surface area (Å²) in [5, 5.41) is 11.9. The number of imide groups is 1. The quantitative estimate of drug-likeness (QED) is 0.772. The van der Waals surface area contributed by atoms with Crippen molar-refractivity contribution in [1.29, 1.82) is 0 Å². The predicted molar refractivity (Wildman–Crippen MR) is 85.0 cm³/mol. The minimum absolute atomic E-state index is 0.0591. The summed E-state index contributed by atoms with van der Waals surface area (Å²) in [6.07, 6.45) is 1.16. The normalized spacial score (nSPS) is 14.1. The molecule has 0 saturated heterocycles. The zero-order valence-electron chi connectivity index (χ0n) is 12.7. The van der Waals surface area contributed by atoms with Crippen LogP contribution in [0.25, 0.3) is 0 Å². The molecule has 0 unspecified atom stereocenters. The molecule has 0 radical (unpaired) electrons. The maximum absolute atomic E-state index is 12.0. The molecule has 1 aromatic carbocycles. The second-order valence-electron chi connectivity index (χ2n) is 5.10. The highest BCUT2D eigenvalue weighted by molar-refractivity contribution is 6.34. The van der Waals surface area contributed by atoms with Gasteiger partial charge in [-0.2, -0.15) is 0 Å². The average molecular weight is 338 g/mol. The Hall–Kier alpha value is -2.38. The highest BCUT2D eigenvalue weighted by atomic mass is 35.5. The van der Waals surface area contributed by atoms with Gasteiger partial charge in [-0.1, -0.05) is 11.6 Å². The van der Waals surface area contributed by atoms with Gasteiger partial charge in [-0.05, 0) is 18.2 Å². The lowest BCUT2D eigenvalue weighted by Gasteiger charge is -2.15. The van der Waals surface area contributed by atoms with Crippen molar-refractivity contribution >= 4 is 35.0 Å². The fourth-order valence-corrected chi connectivity index (χ4v) is 2.33. The number of carbonyl (C=O) groups excluding carboxylic acids is 3. The molecule has 1 aromatic rings. The van der Waals surface area contributed by atoms with Crippen molar-refractivity contribution < 1.29 is 19.5 Å². The lowest BCUT2D eigenvalue weighted by atomic mass is 10.2. The van der Waals surface area contributed by atoms with E-state index in [-0.39, 0.29) is 29.8 Å². The lowest BCUT2D eigenvalue weighted by molar-refractivity contribution is -0.137. The van der Waals surface area contributed by atoms with E-state index in [9.17, 15) is 14.4 Å². The molecule has 0 bridgehead atoms. The molecule has 1 aliphatic rings. The Bertz CT molecular complexity index is 700. The van der Waals surface area contributed by atoms with Gasteiger partial charge in [0.1, 0.15) is 5.70 Å². The monoisotopic (exact) mass is 337 g/mol. The number of aliphatic hydroxyl groups excluding tert-OH is 1. The molecule has 7 nitrogen and oxygen atoms in total. The number of halogens is 1. The summed E-state index contributed by atoms with van der Waals surface area (Å²) < 4.78 is 0. The van der Waals surface area contributed by atoms with Crippen molar-refractivity contribution in [2.45, 2.75) is 0 Å². The number of amides is 3. The van der Waals surface area contributed by atoms with E-state index in [1.807, 2.05) is 0 Å². The maximum Gasteiger partial charge on any atom is 0.277 e. The van der Waals surface area contributed by atoms with Crippen LogP contribution in [0.15, 0.2) is 30.0 Å². The number of hydrogen-bond acceptors (Lipinski definition) is 5. The van der Waals surface area contributed by atoms with E-state index in [4.69, 9.17) is 16.7 Å². The van der Waals surface area contributed by atoms with Crippen LogP contribution in [0.2, 0.25) is 5.02 Å². The molecule has 23 heavy (non-hydrogen) atoms. The summed E-state index contributed by atoms with van der Waals surface area (Å²) in [6.45, 7) is -0.359. The highest BCUT2D eigenvalue weighted by Crippen LogP contribution is 2.24. The summed E-state index contributed by atoms with van der Waals surface area (Å²) in [6, 6.07) is 4.64. The smallest absolute Gasteiger partial charge is 0.277 e. The van der Waals surface area contributed by atoms with Gasteiger partial charge in [0.15, 0.2) is 0 Å². The fourth-order valence-electron chi connectivity index (χ4n) is 2.07. The molecular weight excluding hydrogens is 322 g/mol. The molecule has 0 aromatic heterocycles. The van der Waals surface area contributed by atoms with Crippen molar-refractivity contribution in [1.82, 2.24) is 9.80 Å². The number of nitrogens with zero attached hydrogens (tertiary/aromatic N) is 2. The van der Waals surface area contributed by atoms with Crippen LogP contribution < -0.4 is 5.32 Å².